The van der Waals surface area contributed by atoms with Crippen LogP contribution in [0, 0.1) is 0 Å². The molecule has 2 unspecified atom stereocenters. The van der Waals surface area contributed by atoms with Crippen molar-refractivity contribution in [1.29, 1.82) is 0 Å². The summed E-state index contributed by atoms with van der Waals surface area (Å²) in [4.78, 5) is 13.6. The number of ether oxygens (including phenoxy) is 1. The van der Waals surface area contributed by atoms with Gasteiger partial charge in [0.1, 0.15) is 0 Å². The molecule has 0 spiro atoms. The molecule has 2 fully saturated rings. The van der Waals surface area contributed by atoms with E-state index in [9.17, 15) is 4.79 Å². The summed E-state index contributed by atoms with van der Waals surface area (Å²) >= 11 is 0. The summed E-state index contributed by atoms with van der Waals surface area (Å²) in [5.41, 5.74) is 0. The molecule has 2 aliphatic rings. The van der Waals surface area contributed by atoms with Gasteiger partial charge in [0.2, 0.25) is 0 Å². The number of nitrogens with zero attached hydrogens (tertiary/aromatic N) is 1. The van der Waals surface area contributed by atoms with Gasteiger partial charge in [-0.3, -0.25) is 0 Å². The van der Waals surface area contributed by atoms with Gasteiger partial charge in [-0.15, -0.1) is 0 Å². The van der Waals surface area contributed by atoms with Gasteiger partial charge in [0.25, 0.3) is 0 Å². The zero-order chi connectivity index (χ0) is 10.8. The van der Waals surface area contributed by atoms with Crippen molar-refractivity contribution in [2.75, 3.05) is 13.7 Å². The van der Waals surface area contributed by atoms with Gasteiger partial charge in [0, 0.05) is 19.7 Å². The number of nitrogens with one attached hydrogen (secondary N) is 1. The lowest BCUT2D eigenvalue weighted by molar-refractivity contribution is 0.0894. The van der Waals surface area contributed by atoms with Crippen LogP contribution in [-0.2, 0) is 4.74 Å². The zero-order valence-corrected chi connectivity index (χ0v) is 9.53. The number of amides is 2. The van der Waals surface area contributed by atoms with E-state index >= 15 is 0 Å². The predicted octanol–water partition coefficient (Wildman–Crippen LogP) is 1.36. The Morgan fingerprint density at radius 1 is 1.40 bits per heavy atom. The van der Waals surface area contributed by atoms with Crippen molar-refractivity contribution in [3.63, 3.8) is 0 Å². The number of rotatable bonds is 2. The van der Waals surface area contributed by atoms with Crippen LogP contribution in [0.25, 0.3) is 0 Å². The second-order valence-electron chi connectivity index (χ2n) is 4.62. The van der Waals surface area contributed by atoms with E-state index in [1.807, 2.05) is 14.0 Å². The van der Waals surface area contributed by atoms with Gasteiger partial charge in [0.05, 0.1) is 12.1 Å². The van der Waals surface area contributed by atoms with Crippen LogP contribution in [0.2, 0.25) is 0 Å². The van der Waals surface area contributed by atoms with E-state index in [1.165, 1.54) is 6.42 Å². The van der Waals surface area contributed by atoms with Crippen molar-refractivity contribution in [2.24, 2.45) is 0 Å². The molecular formula is C11H20N2O2. The minimum absolute atomic E-state index is 0.0575. The Balaban J connectivity index is 1.82. The van der Waals surface area contributed by atoms with Crippen LogP contribution in [0.3, 0.4) is 0 Å². The maximum atomic E-state index is 11.8. The highest BCUT2D eigenvalue weighted by atomic mass is 16.5. The van der Waals surface area contributed by atoms with Crippen molar-refractivity contribution in [1.82, 2.24) is 10.2 Å². The standard InChI is InChI=1S/C11H20N2O2/c1-8-10(6-7-15-8)13(2)11(14)12-9-4-3-5-9/h8-10H,3-7H2,1-2H3,(H,12,14). The summed E-state index contributed by atoms with van der Waals surface area (Å²) in [5.74, 6) is 0. The largest absolute Gasteiger partial charge is 0.376 e. The van der Waals surface area contributed by atoms with Crippen LogP contribution in [0.5, 0.6) is 0 Å². The summed E-state index contributed by atoms with van der Waals surface area (Å²) in [6.07, 6.45) is 4.64. The molecule has 0 aromatic rings. The Labute approximate surface area is 91.0 Å². The van der Waals surface area contributed by atoms with E-state index in [0.717, 1.165) is 25.9 Å². The van der Waals surface area contributed by atoms with Gasteiger partial charge in [0.15, 0.2) is 0 Å². The molecule has 1 aliphatic heterocycles. The summed E-state index contributed by atoms with van der Waals surface area (Å²) in [6, 6.07) is 0.713. The number of carbonyl (C=O) groups excluding carboxylic acids is 1. The molecule has 4 heteroatoms. The summed E-state index contributed by atoms with van der Waals surface area (Å²) in [5, 5.41) is 3.04. The highest BCUT2D eigenvalue weighted by molar-refractivity contribution is 5.74. The van der Waals surface area contributed by atoms with Gasteiger partial charge in [-0.05, 0) is 32.6 Å². The minimum Gasteiger partial charge on any atom is -0.376 e. The number of likely N-dealkylation sites (N-methyl/N-ethyl adjacent to an activating group) is 1. The fraction of sp³-hybridized carbons (Fsp3) is 0.909. The quantitative estimate of drug-likeness (QED) is 0.751. The Kier molecular flexibility index (Phi) is 3.14. The van der Waals surface area contributed by atoms with Gasteiger partial charge in [-0.25, -0.2) is 4.79 Å². The molecule has 1 N–H and O–H groups in total. The monoisotopic (exact) mass is 212 g/mol. The van der Waals surface area contributed by atoms with E-state index in [0.29, 0.717) is 6.04 Å². The molecule has 4 nitrogen and oxygen atoms in total. The number of carbonyl (C=O) groups is 1. The number of hydrogen-bond acceptors (Lipinski definition) is 2. The lowest BCUT2D eigenvalue weighted by atomic mass is 9.93. The van der Waals surface area contributed by atoms with Crippen LogP contribution in [0.4, 0.5) is 4.79 Å². The molecule has 2 rings (SSSR count). The van der Waals surface area contributed by atoms with E-state index in [4.69, 9.17) is 4.74 Å². The Morgan fingerprint density at radius 2 is 2.13 bits per heavy atom. The Hall–Kier alpha value is -0.770. The van der Waals surface area contributed by atoms with Crippen LogP contribution in [0.1, 0.15) is 32.6 Å². The van der Waals surface area contributed by atoms with Crippen molar-refractivity contribution < 1.29 is 9.53 Å². The van der Waals surface area contributed by atoms with Gasteiger partial charge in [-0.2, -0.15) is 0 Å². The van der Waals surface area contributed by atoms with Gasteiger partial charge >= 0.3 is 6.03 Å². The van der Waals surface area contributed by atoms with Crippen LogP contribution in [0.15, 0.2) is 0 Å². The molecule has 0 bridgehead atoms. The topological polar surface area (TPSA) is 41.6 Å². The van der Waals surface area contributed by atoms with E-state index in [1.54, 1.807) is 4.90 Å². The first-order valence-electron chi connectivity index (χ1n) is 5.83. The predicted molar refractivity (Wildman–Crippen MR) is 57.8 cm³/mol. The third kappa shape index (κ3) is 2.25. The molecule has 1 saturated carbocycles. The third-order valence-electron chi connectivity index (χ3n) is 3.59. The smallest absolute Gasteiger partial charge is 0.317 e. The molecule has 0 aromatic heterocycles. The molecule has 86 valence electrons. The molecule has 0 radical (unpaired) electrons. The van der Waals surface area contributed by atoms with Crippen molar-refractivity contribution in [3.05, 3.63) is 0 Å². The summed E-state index contributed by atoms with van der Waals surface area (Å²) in [7, 11) is 1.86. The first kappa shape index (κ1) is 10.7. The van der Waals surface area contributed by atoms with Crippen molar-refractivity contribution in [3.8, 4) is 0 Å². The second kappa shape index (κ2) is 4.39. The highest BCUT2D eigenvalue weighted by Crippen LogP contribution is 2.21. The fourth-order valence-corrected chi connectivity index (χ4v) is 2.21. The third-order valence-corrected chi connectivity index (χ3v) is 3.59. The van der Waals surface area contributed by atoms with Crippen molar-refractivity contribution in [2.45, 2.75) is 50.8 Å². The Bertz CT molecular complexity index is 241. The second-order valence-corrected chi connectivity index (χ2v) is 4.62. The van der Waals surface area contributed by atoms with E-state index in [2.05, 4.69) is 5.32 Å². The van der Waals surface area contributed by atoms with Crippen molar-refractivity contribution >= 4 is 6.03 Å². The number of hydrogen-bond donors (Lipinski definition) is 1. The molecule has 1 saturated heterocycles. The molecule has 2 amide bonds. The van der Waals surface area contributed by atoms with E-state index < -0.39 is 0 Å². The average molecular weight is 212 g/mol. The molecule has 0 aromatic carbocycles. The molecule has 2 atom stereocenters. The molecule has 15 heavy (non-hydrogen) atoms. The van der Waals surface area contributed by atoms with E-state index in [-0.39, 0.29) is 18.2 Å². The summed E-state index contributed by atoms with van der Waals surface area (Å²) < 4.78 is 5.46. The van der Waals surface area contributed by atoms with Crippen LogP contribution >= 0.6 is 0 Å². The lowest BCUT2D eigenvalue weighted by Crippen LogP contribution is -2.50. The zero-order valence-electron chi connectivity index (χ0n) is 9.53. The molecular weight excluding hydrogens is 192 g/mol. The summed E-state index contributed by atoms with van der Waals surface area (Å²) in [6.45, 7) is 2.80. The lowest BCUT2D eigenvalue weighted by Gasteiger charge is -2.32. The fourth-order valence-electron chi connectivity index (χ4n) is 2.21. The Morgan fingerprint density at radius 3 is 2.60 bits per heavy atom. The van der Waals surface area contributed by atoms with Gasteiger partial charge in [-0.1, -0.05) is 0 Å². The van der Waals surface area contributed by atoms with Crippen LogP contribution < -0.4 is 5.32 Å². The first-order valence-corrected chi connectivity index (χ1v) is 5.83. The molecule has 1 heterocycles. The SMILES string of the molecule is CC1OCCC1N(C)C(=O)NC1CCC1. The normalized spacial score (nSPS) is 31.1. The minimum atomic E-state index is 0.0575. The van der Waals surface area contributed by atoms with Gasteiger partial charge < -0.3 is 15.0 Å². The maximum Gasteiger partial charge on any atom is 0.317 e. The first-order chi connectivity index (χ1) is 7.18. The average Bonchev–Trinajstić information content (AvgIpc) is 2.56. The number of urea groups is 1. The highest BCUT2D eigenvalue weighted by Gasteiger charge is 2.31. The molecule has 1 aliphatic carbocycles. The maximum absolute atomic E-state index is 11.8. The van der Waals surface area contributed by atoms with Crippen LogP contribution in [-0.4, -0.2) is 42.8 Å².